The molecule has 10 heteroatoms. The van der Waals surface area contributed by atoms with Gasteiger partial charge in [-0.2, -0.15) is 0 Å². The summed E-state index contributed by atoms with van der Waals surface area (Å²) in [5.41, 5.74) is 1.32. The quantitative estimate of drug-likeness (QED) is 0.401. The highest BCUT2D eigenvalue weighted by molar-refractivity contribution is 7.92. The molecule has 38 heavy (non-hydrogen) atoms. The Morgan fingerprint density at radius 3 is 2.39 bits per heavy atom. The van der Waals surface area contributed by atoms with Gasteiger partial charge in [0, 0.05) is 25.6 Å². The number of benzene rings is 2. The second-order valence-electron chi connectivity index (χ2n) is 9.78. The number of anilines is 1. The van der Waals surface area contributed by atoms with Crippen molar-refractivity contribution in [2.45, 2.75) is 70.5 Å². The summed E-state index contributed by atoms with van der Waals surface area (Å²) >= 11 is 6.22. The van der Waals surface area contributed by atoms with E-state index in [-0.39, 0.29) is 37.2 Å². The van der Waals surface area contributed by atoms with Crippen LogP contribution in [0.15, 0.2) is 48.5 Å². The highest BCUT2D eigenvalue weighted by Gasteiger charge is 2.28. The zero-order valence-electron chi connectivity index (χ0n) is 22.4. The van der Waals surface area contributed by atoms with E-state index in [1.54, 1.807) is 24.0 Å². The fraction of sp³-hybridized carbons (Fsp3) is 0.500. The number of nitrogens with zero attached hydrogens (tertiary/aromatic N) is 2. The predicted octanol–water partition coefficient (Wildman–Crippen LogP) is 4.76. The van der Waals surface area contributed by atoms with Gasteiger partial charge in [-0.25, -0.2) is 8.42 Å². The SMILES string of the molecule is COc1ccc(N(CCCC(=O)N(Cc2ccccc2)[C@H](C)C(=O)NC2CCCCC2)S(C)(=O)=O)cc1Cl. The van der Waals surface area contributed by atoms with E-state index < -0.39 is 16.1 Å². The van der Waals surface area contributed by atoms with Gasteiger partial charge in [0.05, 0.1) is 24.1 Å². The van der Waals surface area contributed by atoms with Crippen LogP contribution in [-0.2, 0) is 26.2 Å². The van der Waals surface area contributed by atoms with Crippen LogP contribution < -0.4 is 14.4 Å². The second kappa shape index (κ2) is 13.8. The van der Waals surface area contributed by atoms with E-state index in [2.05, 4.69) is 5.32 Å². The third kappa shape index (κ3) is 8.36. The Kier molecular flexibility index (Phi) is 10.8. The average molecular weight is 564 g/mol. The number of hydrogen-bond acceptors (Lipinski definition) is 5. The molecule has 0 aliphatic heterocycles. The average Bonchev–Trinajstić information content (AvgIpc) is 2.89. The number of hydrogen-bond donors (Lipinski definition) is 1. The van der Waals surface area contributed by atoms with Crippen molar-refractivity contribution in [3.8, 4) is 5.75 Å². The van der Waals surface area contributed by atoms with Crippen molar-refractivity contribution in [2.75, 3.05) is 24.2 Å². The summed E-state index contributed by atoms with van der Waals surface area (Å²) in [4.78, 5) is 28.1. The largest absolute Gasteiger partial charge is 0.495 e. The maximum Gasteiger partial charge on any atom is 0.242 e. The lowest BCUT2D eigenvalue weighted by Gasteiger charge is -2.31. The molecule has 208 valence electrons. The van der Waals surface area contributed by atoms with Crippen molar-refractivity contribution in [1.82, 2.24) is 10.2 Å². The van der Waals surface area contributed by atoms with E-state index in [9.17, 15) is 18.0 Å². The molecule has 1 saturated carbocycles. The second-order valence-corrected chi connectivity index (χ2v) is 12.1. The number of ether oxygens (including phenoxy) is 1. The van der Waals surface area contributed by atoms with Gasteiger partial charge in [-0.3, -0.25) is 13.9 Å². The Balaban J connectivity index is 1.70. The lowest BCUT2D eigenvalue weighted by molar-refractivity contribution is -0.141. The standard InChI is InChI=1S/C28H38ClN3O5S/c1-21(28(34)30-23-13-8-5-9-14-23)31(20-22-11-6-4-7-12-22)27(33)15-10-18-32(38(3,35)36)24-16-17-26(37-2)25(29)19-24/h4,6-7,11-12,16-17,19,21,23H,5,8-10,13-15,18,20H2,1-3H3,(H,30,34)/t21-/m1/s1. The van der Waals surface area contributed by atoms with Gasteiger partial charge in [0.2, 0.25) is 21.8 Å². The van der Waals surface area contributed by atoms with Gasteiger partial charge < -0.3 is 15.0 Å². The molecule has 8 nitrogen and oxygen atoms in total. The molecule has 2 aromatic rings. The Bertz CT molecular complexity index is 1190. The minimum Gasteiger partial charge on any atom is -0.495 e. The fourth-order valence-electron chi connectivity index (χ4n) is 4.75. The molecule has 0 unspecified atom stereocenters. The molecule has 0 aromatic heterocycles. The van der Waals surface area contributed by atoms with E-state index >= 15 is 0 Å². The number of rotatable bonds is 12. The molecule has 1 aliphatic carbocycles. The zero-order valence-corrected chi connectivity index (χ0v) is 23.9. The summed E-state index contributed by atoms with van der Waals surface area (Å²) in [5.74, 6) is 0.0734. The van der Waals surface area contributed by atoms with Crippen molar-refractivity contribution in [1.29, 1.82) is 0 Å². The topological polar surface area (TPSA) is 96.0 Å². The molecule has 1 N–H and O–H groups in total. The summed E-state index contributed by atoms with van der Waals surface area (Å²) in [6, 6.07) is 13.8. The Morgan fingerprint density at radius 2 is 1.79 bits per heavy atom. The highest BCUT2D eigenvalue weighted by Crippen LogP contribution is 2.30. The van der Waals surface area contributed by atoms with Crippen LogP contribution in [0.3, 0.4) is 0 Å². The van der Waals surface area contributed by atoms with Gasteiger partial charge in [-0.05, 0) is 49.9 Å². The summed E-state index contributed by atoms with van der Waals surface area (Å²) in [6.45, 7) is 2.14. The van der Waals surface area contributed by atoms with Crippen molar-refractivity contribution < 1.29 is 22.7 Å². The summed E-state index contributed by atoms with van der Waals surface area (Å²) in [5, 5.41) is 3.42. The number of sulfonamides is 1. The summed E-state index contributed by atoms with van der Waals surface area (Å²) in [7, 11) is -2.14. The molecule has 2 amide bonds. The van der Waals surface area contributed by atoms with Crippen LogP contribution in [0.25, 0.3) is 0 Å². The molecule has 0 radical (unpaired) electrons. The van der Waals surface area contributed by atoms with E-state index in [1.165, 1.54) is 23.9 Å². The maximum atomic E-state index is 13.4. The monoisotopic (exact) mass is 563 g/mol. The Labute approximate surface area is 231 Å². The number of methoxy groups -OCH3 is 1. The number of nitrogens with one attached hydrogen (secondary N) is 1. The van der Waals surface area contributed by atoms with Crippen molar-refractivity contribution in [2.24, 2.45) is 0 Å². The van der Waals surface area contributed by atoms with Crippen LogP contribution in [0.5, 0.6) is 5.75 Å². The van der Waals surface area contributed by atoms with E-state index in [1.807, 2.05) is 30.3 Å². The number of carbonyl (C=O) groups is 2. The Hall–Kier alpha value is -2.78. The fourth-order valence-corrected chi connectivity index (χ4v) is 5.95. The lowest BCUT2D eigenvalue weighted by atomic mass is 9.95. The molecule has 2 aromatic carbocycles. The lowest BCUT2D eigenvalue weighted by Crippen LogP contribution is -2.50. The summed E-state index contributed by atoms with van der Waals surface area (Å²) < 4.78 is 31.5. The van der Waals surface area contributed by atoms with Crippen molar-refractivity contribution in [3.63, 3.8) is 0 Å². The first kappa shape index (κ1) is 29.8. The summed E-state index contributed by atoms with van der Waals surface area (Å²) in [6.07, 6.45) is 6.79. The van der Waals surface area contributed by atoms with E-state index in [0.717, 1.165) is 37.5 Å². The normalized spacial score (nSPS) is 14.9. The van der Waals surface area contributed by atoms with Gasteiger partial charge in [0.15, 0.2) is 0 Å². The van der Waals surface area contributed by atoms with Gasteiger partial charge >= 0.3 is 0 Å². The van der Waals surface area contributed by atoms with Crippen LogP contribution >= 0.6 is 11.6 Å². The molecule has 1 atom stereocenters. The predicted molar refractivity (Wildman–Crippen MR) is 151 cm³/mol. The molecule has 0 bridgehead atoms. The van der Waals surface area contributed by atoms with Crippen LogP contribution in [0.4, 0.5) is 5.69 Å². The number of amides is 2. The zero-order chi connectivity index (χ0) is 27.7. The minimum absolute atomic E-state index is 0.0871. The molecule has 0 spiro atoms. The molecule has 0 saturated heterocycles. The van der Waals surface area contributed by atoms with Crippen molar-refractivity contribution >= 4 is 39.1 Å². The van der Waals surface area contributed by atoms with E-state index in [4.69, 9.17) is 16.3 Å². The van der Waals surface area contributed by atoms with Crippen LogP contribution in [0, 0.1) is 0 Å². The maximum absolute atomic E-state index is 13.4. The molecular formula is C28H38ClN3O5S. The Morgan fingerprint density at radius 1 is 1.11 bits per heavy atom. The molecule has 3 rings (SSSR count). The minimum atomic E-state index is -3.62. The van der Waals surface area contributed by atoms with Crippen LogP contribution in [0.1, 0.15) is 57.4 Å². The number of halogens is 1. The highest BCUT2D eigenvalue weighted by atomic mass is 35.5. The third-order valence-corrected chi connectivity index (χ3v) is 8.38. The number of carbonyl (C=O) groups excluding carboxylic acids is 2. The first-order chi connectivity index (χ1) is 18.1. The molecular weight excluding hydrogens is 526 g/mol. The van der Waals surface area contributed by atoms with E-state index in [0.29, 0.717) is 23.0 Å². The van der Waals surface area contributed by atoms with Crippen molar-refractivity contribution in [3.05, 3.63) is 59.1 Å². The van der Waals surface area contributed by atoms with Gasteiger partial charge in [-0.1, -0.05) is 61.2 Å². The smallest absolute Gasteiger partial charge is 0.242 e. The first-order valence-corrected chi connectivity index (χ1v) is 15.3. The third-order valence-electron chi connectivity index (χ3n) is 6.89. The van der Waals surface area contributed by atoms with Gasteiger partial charge in [-0.15, -0.1) is 0 Å². The van der Waals surface area contributed by atoms with Crippen LogP contribution in [0.2, 0.25) is 5.02 Å². The van der Waals surface area contributed by atoms with Gasteiger partial charge in [0.1, 0.15) is 11.8 Å². The molecule has 1 fully saturated rings. The molecule has 1 aliphatic rings. The van der Waals surface area contributed by atoms with Crippen LogP contribution in [-0.4, -0.2) is 57.1 Å². The molecule has 0 heterocycles. The first-order valence-electron chi connectivity index (χ1n) is 13.0. The van der Waals surface area contributed by atoms with Gasteiger partial charge in [0.25, 0.3) is 0 Å².